The van der Waals surface area contributed by atoms with Crippen molar-refractivity contribution < 1.29 is 9.59 Å². The quantitative estimate of drug-likeness (QED) is 0.786. The van der Waals surface area contributed by atoms with Crippen molar-refractivity contribution in [3.8, 4) is 0 Å². The molecule has 0 radical (unpaired) electrons. The van der Waals surface area contributed by atoms with Crippen LogP contribution in [0.4, 0.5) is 5.69 Å². The van der Waals surface area contributed by atoms with Gasteiger partial charge in [0.1, 0.15) is 0 Å². The van der Waals surface area contributed by atoms with Crippen molar-refractivity contribution in [1.82, 2.24) is 10.2 Å². The van der Waals surface area contributed by atoms with Crippen LogP contribution in [-0.2, 0) is 9.59 Å². The summed E-state index contributed by atoms with van der Waals surface area (Å²) < 4.78 is 0. The zero-order valence-electron chi connectivity index (χ0n) is 14.6. The van der Waals surface area contributed by atoms with Gasteiger partial charge in [0, 0.05) is 12.5 Å². The molecule has 7 heteroatoms. The van der Waals surface area contributed by atoms with Gasteiger partial charge in [0.15, 0.2) is 0 Å². The molecule has 1 aliphatic rings. The lowest BCUT2D eigenvalue weighted by molar-refractivity contribution is -0.127. The van der Waals surface area contributed by atoms with Gasteiger partial charge in [-0.25, -0.2) is 0 Å². The van der Waals surface area contributed by atoms with Crippen molar-refractivity contribution in [1.29, 1.82) is 0 Å². The van der Waals surface area contributed by atoms with Crippen molar-refractivity contribution in [2.24, 2.45) is 5.92 Å². The van der Waals surface area contributed by atoms with Gasteiger partial charge < -0.3 is 10.6 Å². The number of benzene rings is 1. The van der Waals surface area contributed by atoms with Crippen LogP contribution in [-0.4, -0.2) is 42.4 Å². The first-order valence-electron chi connectivity index (χ1n) is 8.70. The average Bonchev–Trinajstić information content (AvgIpc) is 2.63. The summed E-state index contributed by atoms with van der Waals surface area (Å²) in [5.74, 6) is 0.0443. The van der Waals surface area contributed by atoms with Crippen LogP contribution in [0.1, 0.15) is 33.1 Å². The molecule has 1 fully saturated rings. The van der Waals surface area contributed by atoms with Gasteiger partial charge in [-0.15, -0.1) is 0 Å². The lowest BCUT2D eigenvalue weighted by Gasteiger charge is -2.34. The molecule has 5 nitrogen and oxygen atoms in total. The Morgan fingerprint density at radius 1 is 1.28 bits per heavy atom. The maximum absolute atomic E-state index is 12.5. The smallest absolute Gasteiger partial charge is 0.241 e. The maximum Gasteiger partial charge on any atom is 0.241 e. The van der Waals surface area contributed by atoms with E-state index in [-0.39, 0.29) is 23.8 Å². The number of nitrogens with one attached hydrogen (secondary N) is 2. The van der Waals surface area contributed by atoms with Crippen LogP contribution in [0.25, 0.3) is 0 Å². The van der Waals surface area contributed by atoms with Crippen molar-refractivity contribution in [3.05, 3.63) is 28.2 Å². The van der Waals surface area contributed by atoms with Crippen LogP contribution < -0.4 is 10.6 Å². The number of nitrogens with zero attached hydrogens (tertiary/aromatic N) is 1. The van der Waals surface area contributed by atoms with E-state index in [9.17, 15) is 9.59 Å². The molecule has 2 N–H and O–H groups in total. The largest absolute Gasteiger partial charge is 0.356 e. The molecule has 1 atom stereocenters. The summed E-state index contributed by atoms with van der Waals surface area (Å²) >= 11 is 12.1. The first-order valence-corrected chi connectivity index (χ1v) is 9.46. The van der Waals surface area contributed by atoms with E-state index in [1.807, 2.05) is 13.8 Å². The van der Waals surface area contributed by atoms with E-state index in [4.69, 9.17) is 23.2 Å². The molecule has 0 aliphatic carbocycles. The molecule has 2 rings (SSSR count). The second-order valence-electron chi connectivity index (χ2n) is 6.37. The molecule has 0 saturated carbocycles. The summed E-state index contributed by atoms with van der Waals surface area (Å²) in [7, 11) is 0. The molecule has 138 valence electrons. The van der Waals surface area contributed by atoms with Crippen molar-refractivity contribution >= 4 is 40.7 Å². The number of piperidine rings is 1. The van der Waals surface area contributed by atoms with E-state index < -0.39 is 0 Å². The zero-order valence-corrected chi connectivity index (χ0v) is 16.2. The molecule has 1 saturated heterocycles. The summed E-state index contributed by atoms with van der Waals surface area (Å²) in [6.07, 6.45) is 2.48. The minimum absolute atomic E-state index is 0.0421. The summed E-state index contributed by atoms with van der Waals surface area (Å²) in [4.78, 5) is 26.6. The standard InChI is InChI=1S/C18H25Cl2N3O2/c1-3-9-21-18(25)13-7-10-23(11-8-13)12(2)17(24)22-15-6-4-5-14(19)16(15)20/h4-6,12-13H,3,7-11H2,1-2H3,(H,21,25)(H,22,24)/t12-/m0/s1. The van der Waals surface area contributed by atoms with E-state index in [1.165, 1.54) is 0 Å². The molecule has 25 heavy (non-hydrogen) atoms. The molecule has 0 bridgehead atoms. The van der Waals surface area contributed by atoms with Crippen LogP contribution in [0.15, 0.2) is 18.2 Å². The van der Waals surface area contributed by atoms with Crippen LogP contribution in [0.3, 0.4) is 0 Å². The van der Waals surface area contributed by atoms with E-state index in [0.29, 0.717) is 15.7 Å². The topological polar surface area (TPSA) is 61.4 Å². The van der Waals surface area contributed by atoms with Gasteiger partial charge >= 0.3 is 0 Å². The van der Waals surface area contributed by atoms with Gasteiger partial charge in [-0.05, 0) is 51.4 Å². The van der Waals surface area contributed by atoms with Crippen molar-refractivity contribution in [3.63, 3.8) is 0 Å². The molecule has 0 spiro atoms. The van der Waals surface area contributed by atoms with Gasteiger partial charge in [-0.1, -0.05) is 36.2 Å². The van der Waals surface area contributed by atoms with Crippen LogP contribution in [0, 0.1) is 5.92 Å². The Morgan fingerprint density at radius 2 is 1.96 bits per heavy atom. The number of anilines is 1. The van der Waals surface area contributed by atoms with Crippen molar-refractivity contribution in [2.75, 3.05) is 25.0 Å². The highest BCUT2D eigenvalue weighted by Gasteiger charge is 2.29. The Bertz CT molecular complexity index is 616. The minimum Gasteiger partial charge on any atom is -0.356 e. The van der Waals surface area contributed by atoms with E-state index >= 15 is 0 Å². The third kappa shape index (κ3) is 5.33. The number of hydrogen-bond donors (Lipinski definition) is 2. The predicted octanol–water partition coefficient (Wildman–Crippen LogP) is 3.56. The fraction of sp³-hybridized carbons (Fsp3) is 0.556. The SMILES string of the molecule is CCCNC(=O)C1CCN([C@@H](C)C(=O)Nc2cccc(Cl)c2Cl)CC1. The van der Waals surface area contributed by atoms with Gasteiger partial charge in [0.05, 0.1) is 21.8 Å². The average molecular weight is 386 g/mol. The molecule has 0 unspecified atom stereocenters. The third-order valence-corrected chi connectivity index (χ3v) is 5.41. The molecule has 0 aromatic heterocycles. The lowest BCUT2D eigenvalue weighted by Crippen LogP contribution is -2.48. The van der Waals surface area contributed by atoms with E-state index in [0.717, 1.165) is 38.9 Å². The second-order valence-corrected chi connectivity index (χ2v) is 7.15. The fourth-order valence-electron chi connectivity index (χ4n) is 2.94. The Kier molecular flexibility index (Phi) is 7.54. The van der Waals surface area contributed by atoms with Gasteiger partial charge in [-0.3, -0.25) is 14.5 Å². The number of likely N-dealkylation sites (tertiary alicyclic amines) is 1. The summed E-state index contributed by atoms with van der Waals surface area (Å²) in [5, 5.41) is 6.53. The number of halogens is 2. The molecule has 1 aromatic rings. The summed E-state index contributed by atoms with van der Waals surface area (Å²) in [6.45, 7) is 6.07. The zero-order chi connectivity index (χ0) is 18.4. The normalized spacial score (nSPS) is 17.1. The summed E-state index contributed by atoms with van der Waals surface area (Å²) in [6, 6.07) is 4.85. The highest BCUT2D eigenvalue weighted by Crippen LogP contribution is 2.30. The van der Waals surface area contributed by atoms with Crippen LogP contribution >= 0.6 is 23.2 Å². The Labute approximate surface area is 159 Å². The monoisotopic (exact) mass is 385 g/mol. The second kappa shape index (κ2) is 9.41. The van der Waals surface area contributed by atoms with Gasteiger partial charge in [-0.2, -0.15) is 0 Å². The molecule has 2 amide bonds. The van der Waals surface area contributed by atoms with E-state index in [2.05, 4.69) is 15.5 Å². The third-order valence-electron chi connectivity index (χ3n) is 4.59. The number of rotatable bonds is 6. The van der Waals surface area contributed by atoms with Gasteiger partial charge in [0.25, 0.3) is 0 Å². The van der Waals surface area contributed by atoms with Gasteiger partial charge in [0.2, 0.25) is 11.8 Å². The van der Waals surface area contributed by atoms with E-state index in [1.54, 1.807) is 18.2 Å². The summed E-state index contributed by atoms with van der Waals surface area (Å²) in [5.41, 5.74) is 0.514. The van der Waals surface area contributed by atoms with Crippen molar-refractivity contribution in [2.45, 2.75) is 39.2 Å². The Hall–Kier alpha value is -1.30. The molecule has 1 aromatic carbocycles. The number of carbonyl (C=O) groups is 2. The van der Waals surface area contributed by atoms with Crippen LogP contribution in [0.2, 0.25) is 10.0 Å². The fourth-order valence-corrected chi connectivity index (χ4v) is 3.29. The first kappa shape index (κ1) is 20.0. The number of carbonyl (C=O) groups excluding carboxylic acids is 2. The number of amides is 2. The lowest BCUT2D eigenvalue weighted by atomic mass is 9.95. The maximum atomic E-state index is 12.5. The Balaban J connectivity index is 1.87. The molecular formula is C18H25Cl2N3O2. The highest BCUT2D eigenvalue weighted by atomic mass is 35.5. The minimum atomic E-state index is -0.297. The Morgan fingerprint density at radius 3 is 2.60 bits per heavy atom. The molecule has 1 heterocycles. The number of hydrogen-bond acceptors (Lipinski definition) is 3. The highest BCUT2D eigenvalue weighted by molar-refractivity contribution is 6.44. The molecule has 1 aliphatic heterocycles. The van der Waals surface area contributed by atoms with Crippen LogP contribution in [0.5, 0.6) is 0 Å². The predicted molar refractivity (Wildman–Crippen MR) is 102 cm³/mol. The first-order chi connectivity index (χ1) is 11.9. The molecular weight excluding hydrogens is 361 g/mol.